The van der Waals surface area contributed by atoms with Crippen molar-refractivity contribution in [3.8, 4) is 85.0 Å². The van der Waals surface area contributed by atoms with E-state index in [9.17, 15) is 5.26 Å². The number of nitrogens with zero attached hydrogens (tertiary/aromatic N) is 6. The van der Waals surface area contributed by atoms with Crippen molar-refractivity contribution in [2.24, 2.45) is 0 Å². The van der Waals surface area contributed by atoms with Crippen LogP contribution in [0.25, 0.3) is 123 Å². The molecule has 0 unspecified atom stereocenters. The van der Waals surface area contributed by atoms with E-state index >= 15 is 0 Å². The van der Waals surface area contributed by atoms with Gasteiger partial charge in [0.05, 0.1) is 45.1 Å². The summed E-state index contributed by atoms with van der Waals surface area (Å²) in [5.74, 6) is 1.71. The molecule has 350 valence electrons. The van der Waals surface area contributed by atoms with Gasteiger partial charge in [0.25, 0.3) is 0 Å². The first kappa shape index (κ1) is 44.3. The maximum absolute atomic E-state index is 10.8. The van der Waals surface area contributed by atoms with E-state index in [0.717, 1.165) is 82.8 Å². The molecule has 0 aliphatic rings. The summed E-state index contributed by atoms with van der Waals surface area (Å²) in [4.78, 5) is 15.5. The molecule has 3 heterocycles. The van der Waals surface area contributed by atoms with Crippen molar-refractivity contribution >= 4 is 43.6 Å². The molecule has 0 saturated carbocycles. The van der Waals surface area contributed by atoms with Crippen LogP contribution < -0.4 is 0 Å². The number of aromatic nitrogens is 5. The first-order valence-electron chi connectivity index (χ1n) is 25.1. The Bertz CT molecular complexity index is 4360. The smallest absolute Gasteiger partial charge is 0.164 e. The Morgan fingerprint density at radius 3 is 1.23 bits per heavy atom. The Balaban J connectivity index is 1.10. The second kappa shape index (κ2) is 17.9. The van der Waals surface area contributed by atoms with Crippen LogP contribution in [0.15, 0.2) is 218 Å². The highest BCUT2D eigenvalue weighted by molar-refractivity contribution is 6.13. The molecule has 3 aromatic heterocycles. The third kappa shape index (κ3) is 7.53. The molecule has 0 fully saturated rings. The number of para-hydroxylation sites is 2. The summed E-state index contributed by atoms with van der Waals surface area (Å²) in [5.41, 5.74) is 20.9. The lowest BCUT2D eigenvalue weighted by molar-refractivity contribution is 1.07. The van der Waals surface area contributed by atoms with Crippen LogP contribution in [0.2, 0.25) is 0 Å². The predicted octanol–water partition coefficient (Wildman–Crippen LogP) is 17.2. The number of fused-ring (bicyclic) bond motifs is 6. The minimum atomic E-state index is 0.541. The standard InChI is InChI=1S/C68H48N6/c1-42-23-29-52(44(3)35-42)49-26-32-63-57(38-49)54-19-11-13-21-60(54)73(63)62-31-25-46(41-69)37-56(62)59-40-51(68-71-66(47-15-7-5-8-16-47)70-67(72-68)48-17-9-6-10-18-48)28-34-65(59)74-61-22-14-12-20-55(61)58-39-50(27-33-64(58)74)53-30-24-43(2)36-45(53)4/h5-40H,1-4H3. The molecule has 13 aromatic rings. The highest BCUT2D eigenvalue weighted by Gasteiger charge is 2.24. The zero-order valence-corrected chi connectivity index (χ0v) is 41.5. The third-order valence-corrected chi connectivity index (χ3v) is 14.6. The fourth-order valence-corrected chi connectivity index (χ4v) is 11.1. The van der Waals surface area contributed by atoms with Gasteiger partial charge in [0.1, 0.15) is 0 Å². The van der Waals surface area contributed by atoms with Crippen LogP contribution in [0.1, 0.15) is 27.8 Å². The average Bonchev–Trinajstić information content (AvgIpc) is 3.95. The van der Waals surface area contributed by atoms with E-state index in [1.165, 1.54) is 44.5 Å². The molecule has 0 bridgehead atoms. The molecule has 6 nitrogen and oxygen atoms in total. The van der Waals surface area contributed by atoms with Gasteiger partial charge in [-0.3, -0.25) is 0 Å². The molecule has 0 saturated heterocycles. The number of benzene rings is 10. The third-order valence-electron chi connectivity index (χ3n) is 14.6. The van der Waals surface area contributed by atoms with E-state index in [1.807, 2.05) is 72.8 Å². The largest absolute Gasteiger partial charge is 0.309 e. The quantitative estimate of drug-likeness (QED) is 0.152. The summed E-state index contributed by atoms with van der Waals surface area (Å²) < 4.78 is 4.76. The van der Waals surface area contributed by atoms with Crippen molar-refractivity contribution in [3.63, 3.8) is 0 Å². The molecule has 0 aliphatic carbocycles. The maximum Gasteiger partial charge on any atom is 0.164 e. The second-order valence-corrected chi connectivity index (χ2v) is 19.4. The topological polar surface area (TPSA) is 72.3 Å². The Labute approximate surface area is 429 Å². The number of rotatable bonds is 8. The molecule has 6 heteroatoms. The molecule has 0 aliphatic heterocycles. The van der Waals surface area contributed by atoms with E-state index < -0.39 is 0 Å². The first-order chi connectivity index (χ1) is 36.3. The number of aryl methyl sites for hydroxylation is 4. The summed E-state index contributed by atoms with van der Waals surface area (Å²) in [6.07, 6.45) is 0. The fraction of sp³-hybridized carbons (Fsp3) is 0.0588. The Morgan fingerprint density at radius 1 is 0.324 bits per heavy atom. The van der Waals surface area contributed by atoms with Gasteiger partial charge in [0.2, 0.25) is 0 Å². The average molecular weight is 949 g/mol. The van der Waals surface area contributed by atoms with E-state index in [0.29, 0.717) is 23.0 Å². The second-order valence-electron chi connectivity index (χ2n) is 19.4. The zero-order chi connectivity index (χ0) is 50.0. The van der Waals surface area contributed by atoms with Crippen LogP contribution in [0.4, 0.5) is 0 Å². The van der Waals surface area contributed by atoms with Gasteiger partial charge < -0.3 is 9.13 Å². The molecule has 0 amide bonds. The molecule has 74 heavy (non-hydrogen) atoms. The molecule has 0 atom stereocenters. The molecule has 0 N–H and O–H groups in total. The van der Waals surface area contributed by atoms with E-state index in [4.69, 9.17) is 15.0 Å². The number of hydrogen-bond acceptors (Lipinski definition) is 4. The minimum Gasteiger partial charge on any atom is -0.309 e. The van der Waals surface area contributed by atoms with Crippen molar-refractivity contribution in [2.75, 3.05) is 0 Å². The lowest BCUT2D eigenvalue weighted by atomic mass is 9.96. The van der Waals surface area contributed by atoms with Gasteiger partial charge in [-0.15, -0.1) is 0 Å². The maximum atomic E-state index is 10.8. The van der Waals surface area contributed by atoms with Crippen LogP contribution in [0.3, 0.4) is 0 Å². The van der Waals surface area contributed by atoms with E-state index in [-0.39, 0.29) is 0 Å². The van der Waals surface area contributed by atoms with Gasteiger partial charge in [-0.05, 0) is 134 Å². The fourth-order valence-electron chi connectivity index (χ4n) is 11.1. The summed E-state index contributed by atoms with van der Waals surface area (Å²) in [5, 5.41) is 15.4. The molecule has 0 radical (unpaired) electrons. The molecular weight excluding hydrogens is 901 g/mol. The molecule has 10 aromatic carbocycles. The van der Waals surface area contributed by atoms with Gasteiger partial charge in [-0.25, -0.2) is 15.0 Å². The summed E-state index contributed by atoms with van der Waals surface area (Å²) in [7, 11) is 0. The SMILES string of the molecule is Cc1ccc(-c2ccc3c(c2)c2ccccc2n3-c2ccc(C#N)cc2-c2cc(-c3nc(-c4ccccc4)nc(-c4ccccc4)n3)ccc2-n2c3ccccc3c3cc(-c4ccc(C)cc4C)ccc32)c(C)c1. The zero-order valence-electron chi connectivity index (χ0n) is 41.5. The van der Waals surface area contributed by atoms with Gasteiger partial charge in [-0.1, -0.05) is 157 Å². The highest BCUT2D eigenvalue weighted by atomic mass is 15.0. The van der Waals surface area contributed by atoms with Crippen molar-refractivity contribution in [2.45, 2.75) is 27.7 Å². The van der Waals surface area contributed by atoms with Crippen LogP contribution >= 0.6 is 0 Å². The van der Waals surface area contributed by atoms with Gasteiger partial charge in [0.15, 0.2) is 17.5 Å². The first-order valence-corrected chi connectivity index (χ1v) is 25.1. The summed E-state index contributed by atoms with van der Waals surface area (Å²) >= 11 is 0. The minimum absolute atomic E-state index is 0.541. The van der Waals surface area contributed by atoms with Crippen molar-refractivity contribution in [3.05, 3.63) is 246 Å². The lowest BCUT2D eigenvalue weighted by Gasteiger charge is -2.20. The highest BCUT2D eigenvalue weighted by Crippen LogP contribution is 2.44. The Kier molecular flexibility index (Phi) is 10.7. The van der Waals surface area contributed by atoms with Crippen molar-refractivity contribution < 1.29 is 0 Å². The molecular formula is C68H48N6. The summed E-state index contributed by atoms with van der Waals surface area (Å²) in [6, 6.07) is 79.7. The van der Waals surface area contributed by atoms with Crippen LogP contribution in [0, 0.1) is 39.0 Å². The van der Waals surface area contributed by atoms with Gasteiger partial charge in [-0.2, -0.15) is 5.26 Å². The molecule has 0 spiro atoms. The lowest BCUT2D eigenvalue weighted by Crippen LogP contribution is -2.04. The van der Waals surface area contributed by atoms with Gasteiger partial charge >= 0.3 is 0 Å². The van der Waals surface area contributed by atoms with Crippen molar-refractivity contribution in [1.29, 1.82) is 5.26 Å². The van der Waals surface area contributed by atoms with Crippen molar-refractivity contribution in [1.82, 2.24) is 24.1 Å². The Morgan fingerprint density at radius 2 is 0.743 bits per heavy atom. The van der Waals surface area contributed by atoms with E-state index in [1.54, 1.807) is 0 Å². The van der Waals surface area contributed by atoms with Gasteiger partial charge in [0, 0.05) is 49.4 Å². The predicted molar refractivity (Wildman–Crippen MR) is 305 cm³/mol. The normalized spacial score (nSPS) is 11.5. The number of hydrogen-bond donors (Lipinski definition) is 0. The van der Waals surface area contributed by atoms with Crippen LogP contribution in [-0.2, 0) is 0 Å². The van der Waals surface area contributed by atoms with Crippen LogP contribution in [-0.4, -0.2) is 24.1 Å². The monoisotopic (exact) mass is 948 g/mol. The van der Waals surface area contributed by atoms with Crippen LogP contribution in [0.5, 0.6) is 0 Å². The molecule has 13 rings (SSSR count). The van der Waals surface area contributed by atoms with E-state index in [2.05, 4.69) is 188 Å². The Hall–Kier alpha value is -9.70. The summed E-state index contributed by atoms with van der Waals surface area (Å²) in [6.45, 7) is 8.66. The number of nitriles is 1.